The second-order valence-electron chi connectivity index (χ2n) is 3.90. The van der Waals surface area contributed by atoms with Crippen LogP contribution in [0.3, 0.4) is 0 Å². The monoisotopic (exact) mass is 344 g/mol. The molecule has 0 aliphatic rings. The summed E-state index contributed by atoms with van der Waals surface area (Å²) in [5.74, 6) is 0.900. The van der Waals surface area contributed by atoms with Crippen molar-refractivity contribution >= 4 is 39.3 Å². The summed E-state index contributed by atoms with van der Waals surface area (Å²) in [5.41, 5.74) is 2.28. The number of thioether (sulfide) groups is 1. The minimum atomic E-state index is 0.773. The van der Waals surface area contributed by atoms with Gasteiger partial charge in [0.15, 0.2) is 0 Å². The molecule has 2 rings (SSSR count). The van der Waals surface area contributed by atoms with Crippen LogP contribution in [-0.2, 0) is 12.3 Å². The van der Waals surface area contributed by atoms with Crippen molar-refractivity contribution in [3.8, 4) is 0 Å². The summed E-state index contributed by atoms with van der Waals surface area (Å²) in [6, 6.07) is 7.92. The van der Waals surface area contributed by atoms with Gasteiger partial charge in [0.2, 0.25) is 0 Å². The molecule has 0 saturated heterocycles. The van der Waals surface area contributed by atoms with E-state index in [2.05, 4.69) is 28.0 Å². The molecule has 2 aromatic rings. The Morgan fingerprint density at radius 1 is 1.33 bits per heavy atom. The highest BCUT2D eigenvalue weighted by Crippen LogP contribution is 2.29. The van der Waals surface area contributed by atoms with Crippen LogP contribution in [0.2, 0.25) is 5.02 Å². The first-order valence-corrected chi connectivity index (χ1v) is 7.87. The molecular formula is C13H14BrClN2S. The molecule has 0 fully saturated rings. The summed E-state index contributed by atoms with van der Waals surface area (Å²) in [6.07, 6.45) is 0. The average Bonchev–Trinajstić information content (AvgIpc) is 2.65. The van der Waals surface area contributed by atoms with Crippen molar-refractivity contribution in [3.05, 3.63) is 45.1 Å². The lowest BCUT2D eigenvalue weighted by molar-refractivity contribution is 0.631. The molecule has 0 radical (unpaired) electrons. The van der Waals surface area contributed by atoms with Gasteiger partial charge in [0.1, 0.15) is 0 Å². The van der Waals surface area contributed by atoms with E-state index < -0.39 is 0 Å². The predicted octanol–water partition coefficient (Wildman–Crippen LogP) is 4.92. The lowest BCUT2D eigenvalue weighted by Crippen LogP contribution is -2.01. The maximum absolute atomic E-state index is 5.87. The number of hydrogen-bond acceptors (Lipinski definition) is 2. The topological polar surface area (TPSA) is 17.8 Å². The first-order chi connectivity index (χ1) is 8.61. The van der Waals surface area contributed by atoms with E-state index in [4.69, 9.17) is 11.6 Å². The third kappa shape index (κ3) is 3.11. The quantitative estimate of drug-likeness (QED) is 0.732. The molecule has 96 valence electrons. The molecule has 0 bridgehead atoms. The fraction of sp³-hybridized carbons (Fsp3) is 0.308. The van der Waals surface area contributed by atoms with Crippen LogP contribution in [0.1, 0.15) is 18.3 Å². The second kappa shape index (κ2) is 6.13. The number of rotatable bonds is 4. The molecule has 2 nitrogen and oxygen atoms in total. The molecular weight excluding hydrogens is 332 g/mol. The standard InChI is InChI=1S/C13H14BrClN2S/c1-3-17-12(13(14)9(2)16-17)8-18-11-6-4-10(15)5-7-11/h4-7H,3,8H2,1-2H3. The maximum atomic E-state index is 5.87. The van der Waals surface area contributed by atoms with Crippen molar-refractivity contribution in [3.63, 3.8) is 0 Å². The van der Waals surface area contributed by atoms with Gasteiger partial charge in [-0.3, -0.25) is 4.68 Å². The van der Waals surface area contributed by atoms with E-state index >= 15 is 0 Å². The van der Waals surface area contributed by atoms with E-state index in [1.807, 2.05) is 35.9 Å². The van der Waals surface area contributed by atoms with Gasteiger partial charge in [-0.2, -0.15) is 5.10 Å². The maximum Gasteiger partial charge on any atom is 0.0739 e. The predicted molar refractivity (Wildman–Crippen MR) is 81.4 cm³/mol. The normalized spacial score (nSPS) is 10.9. The number of nitrogens with zero attached hydrogens (tertiary/aromatic N) is 2. The van der Waals surface area contributed by atoms with Gasteiger partial charge < -0.3 is 0 Å². The zero-order valence-electron chi connectivity index (χ0n) is 10.3. The molecule has 1 aromatic heterocycles. The molecule has 0 aliphatic heterocycles. The number of benzene rings is 1. The smallest absolute Gasteiger partial charge is 0.0739 e. The van der Waals surface area contributed by atoms with E-state index in [9.17, 15) is 0 Å². The number of aryl methyl sites for hydroxylation is 2. The first-order valence-electron chi connectivity index (χ1n) is 5.72. The Balaban J connectivity index is 2.12. The Morgan fingerprint density at radius 3 is 2.61 bits per heavy atom. The van der Waals surface area contributed by atoms with Crippen LogP contribution >= 0.6 is 39.3 Å². The summed E-state index contributed by atoms with van der Waals surface area (Å²) in [7, 11) is 0. The number of aromatic nitrogens is 2. The Morgan fingerprint density at radius 2 is 2.00 bits per heavy atom. The van der Waals surface area contributed by atoms with E-state index in [1.165, 1.54) is 10.6 Å². The van der Waals surface area contributed by atoms with E-state index in [-0.39, 0.29) is 0 Å². The SMILES string of the molecule is CCn1nc(C)c(Br)c1CSc1ccc(Cl)cc1. The van der Waals surface area contributed by atoms with Crippen LogP contribution < -0.4 is 0 Å². The minimum absolute atomic E-state index is 0.773. The van der Waals surface area contributed by atoms with Gasteiger partial charge in [-0.15, -0.1) is 11.8 Å². The summed E-state index contributed by atoms with van der Waals surface area (Å²) < 4.78 is 3.16. The van der Waals surface area contributed by atoms with Crippen molar-refractivity contribution in [1.29, 1.82) is 0 Å². The lowest BCUT2D eigenvalue weighted by Gasteiger charge is -2.05. The van der Waals surface area contributed by atoms with Crippen LogP contribution in [0.4, 0.5) is 0 Å². The van der Waals surface area contributed by atoms with Gasteiger partial charge in [0, 0.05) is 22.2 Å². The van der Waals surface area contributed by atoms with E-state index in [0.717, 1.165) is 27.5 Å². The number of hydrogen-bond donors (Lipinski definition) is 0. The van der Waals surface area contributed by atoms with Gasteiger partial charge in [0.05, 0.1) is 15.9 Å². The molecule has 0 spiro atoms. The zero-order valence-corrected chi connectivity index (χ0v) is 13.4. The van der Waals surface area contributed by atoms with Gasteiger partial charge in [-0.05, 0) is 54.0 Å². The van der Waals surface area contributed by atoms with Gasteiger partial charge in [0.25, 0.3) is 0 Å². The molecule has 1 heterocycles. The molecule has 0 unspecified atom stereocenters. The molecule has 18 heavy (non-hydrogen) atoms. The molecule has 0 aliphatic carbocycles. The molecule has 0 saturated carbocycles. The van der Waals surface area contributed by atoms with Crippen molar-refractivity contribution in [2.75, 3.05) is 0 Å². The molecule has 0 amide bonds. The van der Waals surface area contributed by atoms with Crippen molar-refractivity contribution in [2.45, 2.75) is 31.0 Å². The second-order valence-corrected chi connectivity index (χ2v) is 6.18. The highest BCUT2D eigenvalue weighted by Gasteiger charge is 2.12. The van der Waals surface area contributed by atoms with Crippen LogP contribution in [0, 0.1) is 6.92 Å². The Labute approximate surface area is 125 Å². The molecule has 0 atom stereocenters. The van der Waals surface area contributed by atoms with Crippen LogP contribution in [0.5, 0.6) is 0 Å². The lowest BCUT2D eigenvalue weighted by atomic mass is 10.4. The molecule has 0 N–H and O–H groups in total. The van der Waals surface area contributed by atoms with Crippen molar-refractivity contribution in [1.82, 2.24) is 9.78 Å². The summed E-state index contributed by atoms with van der Waals surface area (Å²) in [4.78, 5) is 1.22. The minimum Gasteiger partial charge on any atom is -0.268 e. The van der Waals surface area contributed by atoms with E-state index in [0.29, 0.717) is 0 Å². The Bertz CT molecular complexity index is 537. The van der Waals surface area contributed by atoms with Crippen LogP contribution in [-0.4, -0.2) is 9.78 Å². The summed E-state index contributed by atoms with van der Waals surface area (Å²) in [6.45, 7) is 5.02. The highest BCUT2D eigenvalue weighted by molar-refractivity contribution is 9.10. The van der Waals surface area contributed by atoms with Gasteiger partial charge in [-0.25, -0.2) is 0 Å². The van der Waals surface area contributed by atoms with Crippen LogP contribution in [0.15, 0.2) is 33.6 Å². The van der Waals surface area contributed by atoms with E-state index in [1.54, 1.807) is 11.8 Å². The third-order valence-corrected chi connectivity index (χ3v) is 4.95. The highest BCUT2D eigenvalue weighted by atomic mass is 79.9. The zero-order chi connectivity index (χ0) is 13.1. The fourth-order valence-electron chi connectivity index (χ4n) is 1.69. The van der Waals surface area contributed by atoms with Gasteiger partial charge >= 0.3 is 0 Å². The first kappa shape index (κ1) is 14.0. The van der Waals surface area contributed by atoms with Crippen molar-refractivity contribution in [2.24, 2.45) is 0 Å². The summed E-state index contributed by atoms with van der Waals surface area (Å²) >= 11 is 11.3. The average molecular weight is 346 g/mol. The van der Waals surface area contributed by atoms with Crippen molar-refractivity contribution < 1.29 is 0 Å². The van der Waals surface area contributed by atoms with Gasteiger partial charge in [-0.1, -0.05) is 11.6 Å². The summed E-state index contributed by atoms with van der Waals surface area (Å²) in [5, 5.41) is 5.26. The largest absolute Gasteiger partial charge is 0.268 e. The fourth-order valence-corrected chi connectivity index (χ4v) is 3.35. The van der Waals surface area contributed by atoms with Crippen LogP contribution in [0.25, 0.3) is 0 Å². The molecule has 1 aromatic carbocycles. The third-order valence-electron chi connectivity index (χ3n) is 2.64. The molecule has 5 heteroatoms. The number of halogens is 2. The Hall–Kier alpha value is -0.450. The Kier molecular flexibility index (Phi) is 4.76.